The smallest absolute Gasteiger partial charge is 0.119 e. The van der Waals surface area contributed by atoms with Crippen LogP contribution in [0.1, 0.15) is 0 Å². The molecule has 0 aliphatic carbocycles. The minimum absolute atomic E-state index is 0.778. The third-order valence-electron chi connectivity index (χ3n) is 1.99. The Labute approximate surface area is 110 Å². The third-order valence-corrected chi connectivity index (χ3v) is 3.45. The molecule has 0 saturated carbocycles. The molecular formula is C12H18BrNOS. The largest absolute Gasteiger partial charge is 0.493 e. The lowest BCUT2D eigenvalue weighted by molar-refractivity contribution is 0.343. The topological polar surface area (TPSA) is 12.5 Å². The number of hydrogen-bond acceptors (Lipinski definition) is 3. The van der Waals surface area contributed by atoms with E-state index in [0.29, 0.717) is 0 Å². The molecule has 0 fully saturated rings. The number of benzene rings is 1. The second kappa shape index (κ2) is 7.98. The summed E-state index contributed by atoms with van der Waals surface area (Å²) < 4.78 is 6.70. The summed E-state index contributed by atoms with van der Waals surface area (Å²) >= 11 is 5.33. The minimum Gasteiger partial charge on any atom is -0.493 e. The van der Waals surface area contributed by atoms with Crippen LogP contribution in [-0.4, -0.2) is 43.7 Å². The predicted molar refractivity (Wildman–Crippen MR) is 75.5 cm³/mol. The molecule has 0 heterocycles. The minimum atomic E-state index is 0.778. The van der Waals surface area contributed by atoms with Crippen LogP contribution < -0.4 is 4.74 Å². The lowest BCUT2D eigenvalue weighted by atomic mass is 10.3. The highest BCUT2D eigenvalue weighted by Crippen LogP contribution is 2.16. The number of halogens is 1. The standard InChI is InChI=1S/C12H18BrNOS/c1-14(2)7-9-16-10-8-15-12-5-3-11(13)4-6-12/h3-6H,7-10H2,1-2H3. The highest BCUT2D eigenvalue weighted by Gasteiger charge is 1.95. The molecule has 0 aromatic heterocycles. The molecule has 0 radical (unpaired) electrons. The first-order valence-corrected chi connectivity index (χ1v) is 7.24. The van der Waals surface area contributed by atoms with Gasteiger partial charge in [0.05, 0.1) is 6.61 Å². The SMILES string of the molecule is CN(C)CCSCCOc1ccc(Br)cc1. The van der Waals surface area contributed by atoms with Gasteiger partial charge in [0.2, 0.25) is 0 Å². The molecule has 1 rings (SSSR count). The van der Waals surface area contributed by atoms with Crippen molar-refractivity contribution in [3.8, 4) is 5.75 Å². The lowest BCUT2D eigenvalue weighted by Gasteiger charge is -2.09. The maximum absolute atomic E-state index is 5.61. The van der Waals surface area contributed by atoms with E-state index < -0.39 is 0 Å². The molecule has 1 aromatic rings. The van der Waals surface area contributed by atoms with Gasteiger partial charge in [-0.3, -0.25) is 0 Å². The maximum atomic E-state index is 5.61. The van der Waals surface area contributed by atoms with E-state index in [2.05, 4.69) is 34.9 Å². The summed E-state index contributed by atoms with van der Waals surface area (Å²) in [5.74, 6) is 3.15. The monoisotopic (exact) mass is 303 g/mol. The summed E-state index contributed by atoms with van der Waals surface area (Å²) in [7, 11) is 4.19. The molecule has 0 amide bonds. The zero-order valence-electron chi connectivity index (χ0n) is 9.78. The second-order valence-electron chi connectivity index (χ2n) is 3.72. The van der Waals surface area contributed by atoms with Gasteiger partial charge in [-0.05, 0) is 38.4 Å². The summed E-state index contributed by atoms with van der Waals surface area (Å²) in [6.45, 7) is 1.91. The molecular weight excluding hydrogens is 286 g/mol. The van der Waals surface area contributed by atoms with Crippen LogP contribution >= 0.6 is 27.7 Å². The van der Waals surface area contributed by atoms with Crippen LogP contribution in [0.15, 0.2) is 28.7 Å². The molecule has 0 aliphatic heterocycles. The number of thioether (sulfide) groups is 1. The fourth-order valence-corrected chi connectivity index (χ4v) is 2.26. The van der Waals surface area contributed by atoms with E-state index in [4.69, 9.17) is 4.74 Å². The first-order chi connectivity index (χ1) is 7.68. The van der Waals surface area contributed by atoms with Crippen molar-refractivity contribution in [2.45, 2.75) is 0 Å². The average molecular weight is 304 g/mol. The van der Waals surface area contributed by atoms with Crippen molar-refractivity contribution in [3.05, 3.63) is 28.7 Å². The first kappa shape index (κ1) is 13.9. The van der Waals surface area contributed by atoms with Crippen LogP contribution in [0.3, 0.4) is 0 Å². The van der Waals surface area contributed by atoms with Gasteiger partial charge in [-0.15, -0.1) is 0 Å². The van der Waals surface area contributed by atoms with Crippen molar-refractivity contribution in [3.63, 3.8) is 0 Å². The molecule has 2 nitrogen and oxygen atoms in total. The summed E-state index contributed by atoms with van der Waals surface area (Å²) in [6, 6.07) is 7.95. The molecule has 0 atom stereocenters. The summed E-state index contributed by atoms with van der Waals surface area (Å²) in [5.41, 5.74) is 0. The van der Waals surface area contributed by atoms with Crippen molar-refractivity contribution >= 4 is 27.7 Å². The van der Waals surface area contributed by atoms with Crippen LogP contribution in [-0.2, 0) is 0 Å². The van der Waals surface area contributed by atoms with E-state index in [1.54, 1.807) is 0 Å². The van der Waals surface area contributed by atoms with Gasteiger partial charge < -0.3 is 9.64 Å². The first-order valence-electron chi connectivity index (χ1n) is 5.29. The third kappa shape index (κ3) is 6.40. The van der Waals surface area contributed by atoms with Crippen LogP contribution in [0.25, 0.3) is 0 Å². The van der Waals surface area contributed by atoms with Gasteiger partial charge >= 0.3 is 0 Å². The molecule has 90 valence electrons. The van der Waals surface area contributed by atoms with E-state index in [1.165, 1.54) is 0 Å². The Morgan fingerprint density at radius 1 is 1.19 bits per heavy atom. The van der Waals surface area contributed by atoms with Gasteiger partial charge in [-0.25, -0.2) is 0 Å². The van der Waals surface area contributed by atoms with Crippen LogP contribution in [0.2, 0.25) is 0 Å². The average Bonchev–Trinajstić information content (AvgIpc) is 2.25. The molecule has 1 aromatic carbocycles. The molecule has 16 heavy (non-hydrogen) atoms. The zero-order valence-corrected chi connectivity index (χ0v) is 12.2. The highest BCUT2D eigenvalue weighted by molar-refractivity contribution is 9.10. The van der Waals surface area contributed by atoms with Gasteiger partial charge in [0.25, 0.3) is 0 Å². The van der Waals surface area contributed by atoms with Crippen molar-refractivity contribution in [2.24, 2.45) is 0 Å². The normalized spacial score (nSPS) is 10.8. The van der Waals surface area contributed by atoms with Gasteiger partial charge in [0, 0.05) is 22.5 Å². The number of rotatable bonds is 7. The highest BCUT2D eigenvalue weighted by atomic mass is 79.9. The summed E-state index contributed by atoms with van der Waals surface area (Å²) in [6.07, 6.45) is 0. The summed E-state index contributed by atoms with van der Waals surface area (Å²) in [4.78, 5) is 2.20. The van der Waals surface area contributed by atoms with E-state index >= 15 is 0 Å². The van der Waals surface area contributed by atoms with E-state index in [0.717, 1.165) is 34.9 Å². The fourth-order valence-electron chi connectivity index (χ4n) is 1.10. The molecule has 0 spiro atoms. The Kier molecular flexibility index (Phi) is 6.92. The van der Waals surface area contributed by atoms with Crippen LogP contribution in [0.4, 0.5) is 0 Å². The molecule has 0 N–H and O–H groups in total. The van der Waals surface area contributed by atoms with Crippen molar-refractivity contribution in [1.82, 2.24) is 4.90 Å². The number of nitrogens with zero attached hydrogens (tertiary/aromatic N) is 1. The van der Waals surface area contributed by atoms with Gasteiger partial charge in [-0.2, -0.15) is 11.8 Å². The Bertz CT molecular complexity index is 290. The van der Waals surface area contributed by atoms with Crippen molar-refractivity contribution < 1.29 is 4.74 Å². The van der Waals surface area contributed by atoms with Crippen molar-refractivity contribution in [1.29, 1.82) is 0 Å². The predicted octanol–water partition coefficient (Wildman–Crippen LogP) is 3.12. The molecule has 0 aliphatic rings. The van der Waals surface area contributed by atoms with Gasteiger partial charge in [0.15, 0.2) is 0 Å². The van der Waals surface area contributed by atoms with Crippen LogP contribution in [0, 0.1) is 0 Å². The molecule has 0 unspecified atom stereocenters. The maximum Gasteiger partial charge on any atom is 0.119 e. The fraction of sp³-hybridized carbons (Fsp3) is 0.500. The Hall–Kier alpha value is -0.190. The van der Waals surface area contributed by atoms with E-state index in [1.807, 2.05) is 36.0 Å². The lowest BCUT2D eigenvalue weighted by Crippen LogP contribution is -2.15. The van der Waals surface area contributed by atoms with Gasteiger partial charge in [0.1, 0.15) is 5.75 Å². The number of hydrogen-bond donors (Lipinski definition) is 0. The summed E-state index contributed by atoms with van der Waals surface area (Å²) in [5, 5.41) is 0. The van der Waals surface area contributed by atoms with E-state index in [9.17, 15) is 0 Å². The number of ether oxygens (including phenoxy) is 1. The second-order valence-corrected chi connectivity index (χ2v) is 5.86. The zero-order chi connectivity index (χ0) is 11.8. The Morgan fingerprint density at radius 2 is 1.88 bits per heavy atom. The van der Waals surface area contributed by atoms with Gasteiger partial charge in [-0.1, -0.05) is 15.9 Å². The quantitative estimate of drug-likeness (QED) is 0.718. The molecule has 4 heteroatoms. The molecule has 0 saturated heterocycles. The Morgan fingerprint density at radius 3 is 2.50 bits per heavy atom. The van der Waals surface area contributed by atoms with Crippen molar-refractivity contribution in [2.75, 3.05) is 38.8 Å². The Balaban J connectivity index is 2.05. The molecule has 0 bridgehead atoms. The van der Waals surface area contributed by atoms with Crippen LogP contribution in [0.5, 0.6) is 5.75 Å². The van der Waals surface area contributed by atoms with E-state index in [-0.39, 0.29) is 0 Å².